The fourth-order valence-electron chi connectivity index (χ4n) is 1.94. The summed E-state index contributed by atoms with van der Waals surface area (Å²) in [4.78, 5) is 23.5. The van der Waals surface area contributed by atoms with Crippen molar-refractivity contribution in [3.63, 3.8) is 0 Å². The molecule has 1 atom stereocenters. The van der Waals surface area contributed by atoms with Crippen molar-refractivity contribution in [2.45, 2.75) is 13.0 Å². The van der Waals surface area contributed by atoms with E-state index < -0.39 is 18.0 Å². The molecule has 6 heteroatoms. The molecule has 1 aliphatic rings. The molecular formula is C14H13N3O3. The Morgan fingerprint density at radius 2 is 2.10 bits per heavy atom. The maximum atomic E-state index is 11.8. The molecule has 1 aromatic carbocycles. The van der Waals surface area contributed by atoms with Crippen LogP contribution in [0.15, 0.2) is 41.6 Å². The van der Waals surface area contributed by atoms with Gasteiger partial charge in [-0.25, -0.2) is 9.59 Å². The number of nitriles is 1. The summed E-state index contributed by atoms with van der Waals surface area (Å²) in [6.45, 7) is 1.82. The van der Waals surface area contributed by atoms with E-state index in [-0.39, 0.29) is 17.9 Å². The van der Waals surface area contributed by atoms with E-state index >= 15 is 0 Å². The van der Waals surface area contributed by atoms with Gasteiger partial charge in [-0.15, -0.1) is 0 Å². The molecule has 2 rings (SSSR count). The van der Waals surface area contributed by atoms with E-state index in [9.17, 15) is 14.9 Å². The van der Waals surface area contributed by atoms with Gasteiger partial charge in [0.1, 0.15) is 5.70 Å². The Kier molecular flexibility index (Phi) is 4.01. The first-order chi connectivity index (χ1) is 9.67. The van der Waals surface area contributed by atoms with Gasteiger partial charge in [0.2, 0.25) is 0 Å². The molecule has 0 fully saturated rings. The Bertz CT molecular complexity index is 602. The molecule has 0 aliphatic carbocycles. The molecule has 102 valence electrons. The van der Waals surface area contributed by atoms with Crippen molar-refractivity contribution in [1.82, 2.24) is 10.6 Å². The van der Waals surface area contributed by atoms with Gasteiger partial charge in [-0.05, 0) is 12.5 Å². The molecule has 0 spiro atoms. The van der Waals surface area contributed by atoms with E-state index in [0.717, 1.165) is 5.56 Å². The van der Waals surface area contributed by atoms with Crippen molar-refractivity contribution in [2.75, 3.05) is 6.61 Å². The lowest BCUT2D eigenvalue weighted by atomic mass is 9.96. The Hall–Kier alpha value is -2.81. The second kappa shape index (κ2) is 5.89. The molecule has 0 aromatic heterocycles. The van der Waals surface area contributed by atoms with Gasteiger partial charge in [0.05, 0.1) is 24.3 Å². The van der Waals surface area contributed by atoms with Gasteiger partial charge >= 0.3 is 12.0 Å². The Morgan fingerprint density at radius 1 is 1.40 bits per heavy atom. The summed E-state index contributed by atoms with van der Waals surface area (Å²) in [5.74, 6) is -0.708. The minimum atomic E-state index is -0.708. The van der Waals surface area contributed by atoms with Gasteiger partial charge in [0.15, 0.2) is 0 Å². The number of urea groups is 1. The molecular weight excluding hydrogens is 258 g/mol. The molecule has 6 nitrogen and oxygen atoms in total. The maximum Gasteiger partial charge on any atom is 0.356 e. The van der Waals surface area contributed by atoms with Crippen LogP contribution in [0.25, 0.3) is 0 Å². The third-order valence-corrected chi connectivity index (χ3v) is 2.80. The zero-order valence-electron chi connectivity index (χ0n) is 10.8. The summed E-state index contributed by atoms with van der Waals surface area (Å²) in [7, 11) is 0. The van der Waals surface area contributed by atoms with Crippen LogP contribution in [0.5, 0.6) is 0 Å². The van der Waals surface area contributed by atoms with Crippen LogP contribution in [0.3, 0.4) is 0 Å². The van der Waals surface area contributed by atoms with Gasteiger partial charge in [0.25, 0.3) is 0 Å². The highest BCUT2D eigenvalue weighted by Crippen LogP contribution is 2.26. The summed E-state index contributed by atoms with van der Waals surface area (Å²) in [6, 6.07) is 9.73. The quantitative estimate of drug-likeness (QED) is 0.812. The number of hydrogen-bond donors (Lipinski definition) is 2. The van der Waals surface area contributed by atoms with Crippen LogP contribution in [0.1, 0.15) is 18.5 Å². The van der Waals surface area contributed by atoms with Gasteiger partial charge in [0, 0.05) is 0 Å². The summed E-state index contributed by atoms with van der Waals surface area (Å²) >= 11 is 0. The van der Waals surface area contributed by atoms with Crippen LogP contribution in [0, 0.1) is 11.3 Å². The number of hydrogen-bond acceptors (Lipinski definition) is 4. The van der Waals surface area contributed by atoms with Crippen LogP contribution in [0.2, 0.25) is 0 Å². The predicted molar refractivity (Wildman–Crippen MR) is 70.1 cm³/mol. The third kappa shape index (κ3) is 2.62. The summed E-state index contributed by atoms with van der Waals surface area (Å²) in [6.07, 6.45) is 0. The highest BCUT2D eigenvalue weighted by molar-refractivity contribution is 5.97. The Labute approximate surface area is 116 Å². The van der Waals surface area contributed by atoms with E-state index in [1.807, 2.05) is 12.1 Å². The molecule has 20 heavy (non-hydrogen) atoms. The number of carbonyl (C=O) groups excluding carboxylic acids is 2. The first-order valence-corrected chi connectivity index (χ1v) is 6.11. The van der Waals surface area contributed by atoms with Crippen molar-refractivity contribution in [3.05, 3.63) is 47.2 Å². The average Bonchev–Trinajstić information content (AvgIpc) is 2.47. The monoisotopic (exact) mass is 271 g/mol. The first-order valence-electron chi connectivity index (χ1n) is 6.11. The van der Waals surface area contributed by atoms with Crippen LogP contribution in [0.4, 0.5) is 4.79 Å². The van der Waals surface area contributed by atoms with E-state index in [4.69, 9.17) is 4.74 Å². The number of carbonyl (C=O) groups is 2. The van der Waals surface area contributed by atoms with Crippen molar-refractivity contribution in [1.29, 1.82) is 5.26 Å². The van der Waals surface area contributed by atoms with Gasteiger partial charge < -0.3 is 15.4 Å². The zero-order chi connectivity index (χ0) is 14.5. The van der Waals surface area contributed by atoms with E-state index in [1.165, 1.54) is 0 Å². The third-order valence-electron chi connectivity index (χ3n) is 2.80. The maximum absolute atomic E-state index is 11.8. The normalized spacial score (nSPS) is 17.8. The Balaban J connectivity index is 2.46. The first kappa shape index (κ1) is 13.6. The molecule has 0 saturated carbocycles. The SMILES string of the molecule is CCOC(=O)C1=C(C#N)[C@H](c2ccccc2)NC(=O)N1. The largest absolute Gasteiger partial charge is 0.461 e. The number of nitrogens with zero attached hydrogens (tertiary/aromatic N) is 1. The number of esters is 1. The smallest absolute Gasteiger partial charge is 0.356 e. The zero-order valence-corrected chi connectivity index (χ0v) is 10.8. The summed E-state index contributed by atoms with van der Waals surface area (Å²) in [5.41, 5.74) is 0.752. The number of nitrogens with one attached hydrogen (secondary N) is 2. The van der Waals surface area contributed by atoms with Crippen molar-refractivity contribution < 1.29 is 14.3 Å². The molecule has 0 bridgehead atoms. The molecule has 1 aliphatic heterocycles. The minimum absolute atomic E-state index is 0.105. The van der Waals surface area contributed by atoms with Crippen molar-refractivity contribution in [3.8, 4) is 6.07 Å². The fraction of sp³-hybridized carbons (Fsp3) is 0.214. The minimum Gasteiger partial charge on any atom is -0.461 e. The molecule has 0 unspecified atom stereocenters. The van der Waals surface area contributed by atoms with Crippen LogP contribution < -0.4 is 10.6 Å². The highest BCUT2D eigenvalue weighted by atomic mass is 16.5. The second-order valence-corrected chi connectivity index (χ2v) is 4.06. The number of amides is 2. The Morgan fingerprint density at radius 3 is 2.70 bits per heavy atom. The predicted octanol–water partition coefficient (Wildman–Crippen LogP) is 1.38. The summed E-state index contributed by atoms with van der Waals surface area (Å²) < 4.78 is 4.86. The highest BCUT2D eigenvalue weighted by Gasteiger charge is 2.32. The second-order valence-electron chi connectivity index (χ2n) is 4.06. The van der Waals surface area contributed by atoms with E-state index in [2.05, 4.69) is 10.6 Å². The van der Waals surface area contributed by atoms with Crippen LogP contribution >= 0.6 is 0 Å². The van der Waals surface area contributed by atoms with Crippen molar-refractivity contribution >= 4 is 12.0 Å². The summed E-state index contributed by atoms with van der Waals surface area (Å²) in [5, 5.41) is 14.2. The molecule has 0 saturated heterocycles. The fourth-order valence-corrected chi connectivity index (χ4v) is 1.94. The molecule has 0 radical (unpaired) electrons. The van der Waals surface area contributed by atoms with Gasteiger partial charge in [-0.2, -0.15) is 5.26 Å². The van der Waals surface area contributed by atoms with Crippen molar-refractivity contribution in [2.24, 2.45) is 0 Å². The number of rotatable bonds is 3. The lowest BCUT2D eigenvalue weighted by Gasteiger charge is -2.26. The average molecular weight is 271 g/mol. The standard InChI is InChI=1S/C14H13N3O3/c1-2-20-13(18)12-10(8-15)11(16-14(19)17-12)9-6-4-3-5-7-9/h3-7,11H,2H2,1H3,(H2,16,17,19)/t11-/m0/s1. The topological polar surface area (TPSA) is 91.2 Å². The van der Waals surface area contributed by atoms with Gasteiger partial charge in [-0.3, -0.25) is 0 Å². The van der Waals surface area contributed by atoms with Crippen LogP contribution in [-0.2, 0) is 9.53 Å². The molecule has 2 N–H and O–H groups in total. The molecule has 1 heterocycles. The lowest BCUT2D eigenvalue weighted by molar-refractivity contribution is -0.139. The number of benzene rings is 1. The van der Waals surface area contributed by atoms with E-state index in [1.54, 1.807) is 31.2 Å². The van der Waals surface area contributed by atoms with E-state index in [0.29, 0.717) is 0 Å². The molecule has 2 amide bonds. The lowest BCUT2D eigenvalue weighted by Crippen LogP contribution is -2.46. The van der Waals surface area contributed by atoms with Crippen LogP contribution in [-0.4, -0.2) is 18.6 Å². The molecule has 1 aromatic rings. The number of ether oxygens (including phenoxy) is 1. The van der Waals surface area contributed by atoms with Gasteiger partial charge in [-0.1, -0.05) is 30.3 Å².